The monoisotopic (exact) mass is 249 g/mol. The smallest absolute Gasteiger partial charge is 0.336 e. The number of ether oxygens (including phenoxy) is 2. The zero-order chi connectivity index (χ0) is 13.0. The SMILES string of the molecule is COC(=O)[C@@H]1CN(Cc2ccccc2)CC(C)O1. The van der Waals surface area contributed by atoms with Gasteiger partial charge in [0.2, 0.25) is 0 Å². The molecule has 0 radical (unpaired) electrons. The fourth-order valence-corrected chi connectivity index (χ4v) is 2.27. The topological polar surface area (TPSA) is 38.8 Å². The normalized spacial score (nSPS) is 24.8. The Morgan fingerprint density at radius 3 is 2.78 bits per heavy atom. The van der Waals surface area contributed by atoms with Gasteiger partial charge in [0.25, 0.3) is 0 Å². The van der Waals surface area contributed by atoms with Crippen molar-refractivity contribution in [2.75, 3.05) is 20.2 Å². The largest absolute Gasteiger partial charge is 0.467 e. The Kier molecular flexibility index (Phi) is 4.33. The van der Waals surface area contributed by atoms with Crippen LogP contribution in [0.1, 0.15) is 12.5 Å². The van der Waals surface area contributed by atoms with Crippen molar-refractivity contribution in [3.63, 3.8) is 0 Å². The number of benzene rings is 1. The van der Waals surface area contributed by atoms with Gasteiger partial charge in [-0.3, -0.25) is 4.90 Å². The second-order valence-corrected chi connectivity index (χ2v) is 4.64. The summed E-state index contributed by atoms with van der Waals surface area (Å²) < 4.78 is 10.3. The number of nitrogens with zero attached hydrogens (tertiary/aromatic N) is 1. The standard InChI is InChI=1S/C14H19NO3/c1-11-8-15(9-12-6-4-3-5-7-12)10-13(18-11)14(16)17-2/h3-7,11,13H,8-10H2,1-2H3/t11?,13-/m0/s1. The fourth-order valence-electron chi connectivity index (χ4n) is 2.27. The number of methoxy groups -OCH3 is 1. The fraction of sp³-hybridized carbons (Fsp3) is 0.500. The van der Waals surface area contributed by atoms with Crippen LogP contribution in [0.25, 0.3) is 0 Å². The van der Waals surface area contributed by atoms with E-state index in [1.165, 1.54) is 12.7 Å². The highest BCUT2D eigenvalue weighted by Crippen LogP contribution is 2.15. The molecule has 0 bridgehead atoms. The molecule has 0 aromatic heterocycles. The predicted molar refractivity (Wildman–Crippen MR) is 68.1 cm³/mol. The van der Waals surface area contributed by atoms with E-state index in [0.717, 1.165) is 13.1 Å². The second-order valence-electron chi connectivity index (χ2n) is 4.64. The van der Waals surface area contributed by atoms with Crippen LogP contribution in [0.5, 0.6) is 0 Å². The van der Waals surface area contributed by atoms with E-state index in [4.69, 9.17) is 9.47 Å². The average molecular weight is 249 g/mol. The average Bonchev–Trinajstić information content (AvgIpc) is 2.38. The zero-order valence-electron chi connectivity index (χ0n) is 10.8. The van der Waals surface area contributed by atoms with Gasteiger partial charge in [0.05, 0.1) is 13.2 Å². The lowest BCUT2D eigenvalue weighted by atomic mass is 10.1. The van der Waals surface area contributed by atoms with Gasteiger partial charge in [-0.25, -0.2) is 4.79 Å². The molecular formula is C14H19NO3. The van der Waals surface area contributed by atoms with E-state index in [2.05, 4.69) is 17.0 Å². The van der Waals surface area contributed by atoms with Gasteiger partial charge in [-0.05, 0) is 12.5 Å². The van der Waals surface area contributed by atoms with Gasteiger partial charge in [-0.15, -0.1) is 0 Å². The Labute approximate surface area is 107 Å². The molecular weight excluding hydrogens is 230 g/mol. The molecule has 0 N–H and O–H groups in total. The number of morpholine rings is 1. The molecule has 0 amide bonds. The molecule has 18 heavy (non-hydrogen) atoms. The summed E-state index contributed by atoms with van der Waals surface area (Å²) in [5.74, 6) is -0.292. The van der Waals surface area contributed by atoms with Crippen LogP contribution in [0.3, 0.4) is 0 Å². The van der Waals surface area contributed by atoms with Crippen molar-refractivity contribution in [2.45, 2.75) is 25.7 Å². The second kappa shape index (κ2) is 5.98. The molecule has 4 nitrogen and oxygen atoms in total. The molecule has 1 saturated heterocycles. The van der Waals surface area contributed by atoms with E-state index in [1.807, 2.05) is 25.1 Å². The molecule has 1 heterocycles. The molecule has 0 saturated carbocycles. The molecule has 1 aromatic carbocycles. The molecule has 0 spiro atoms. The van der Waals surface area contributed by atoms with E-state index in [-0.39, 0.29) is 12.1 Å². The van der Waals surface area contributed by atoms with Crippen molar-refractivity contribution in [2.24, 2.45) is 0 Å². The molecule has 2 rings (SSSR count). The van der Waals surface area contributed by atoms with Crippen LogP contribution in [-0.4, -0.2) is 43.3 Å². The van der Waals surface area contributed by atoms with Crippen LogP contribution in [0.4, 0.5) is 0 Å². The van der Waals surface area contributed by atoms with Gasteiger partial charge in [0.1, 0.15) is 0 Å². The maximum Gasteiger partial charge on any atom is 0.336 e. The highest BCUT2D eigenvalue weighted by Gasteiger charge is 2.30. The van der Waals surface area contributed by atoms with Crippen molar-refractivity contribution in [1.29, 1.82) is 0 Å². The third-order valence-corrected chi connectivity index (χ3v) is 3.05. The summed E-state index contributed by atoms with van der Waals surface area (Å²) in [6, 6.07) is 10.2. The van der Waals surface area contributed by atoms with Crippen molar-refractivity contribution < 1.29 is 14.3 Å². The Balaban J connectivity index is 1.98. The Morgan fingerprint density at radius 1 is 1.39 bits per heavy atom. The third-order valence-electron chi connectivity index (χ3n) is 3.05. The first-order valence-electron chi connectivity index (χ1n) is 6.18. The first-order chi connectivity index (χ1) is 8.69. The summed E-state index contributed by atoms with van der Waals surface area (Å²) >= 11 is 0. The van der Waals surface area contributed by atoms with Crippen LogP contribution in [0.2, 0.25) is 0 Å². The van der Waals surface area contributed by atoms with E-state index < -0.39 is 6.10 Å². The number of carbonyl (C=O) groups excluding carboxylic acids is 1. The first-order valence-corrected chi connectivity index (χ1v) is 6.18. The van der Waals surface area contributed by atoms with Crippen LogP contribution >= 0.6 is 0 Å². The predicted octanol–water partition coefficient (Wildman–Crippen LogP) is 1.45. The van der Waals surface area contributed by atoms with Crippen LogP contribution in [0.15, 0.2) is 30.3 Å². The molecule has 1 unspecified atom stereocenters. The summed E-state index contributed by atoms with van der Waals surface area (Å²) in [5, 5.41) is 0. The number of hydrogen-bond acceptors (Lipinski definition) is 4. The highest BCUT2D eigenvalue weighted by atomic mass is 16.6. The number of rotatable bonds is 3. The summed E-state index contributed by atoms with van der Waals surface area (Å²) in [7, 11) is 1.40. The zero-order valence-corrected chi connectivity index (χ0v) is 10.8. The van der Waals surface area contributed by atoms with E-state index in [0.29, 0.717) is 6.54 Å². The van der Waals surface area contributed by atoms with Gasteiger partial charge >= 0.3 is 5.97 Å². The minimum Gasteiger partial charge on any atom is -0.467 e. The Morgan fingerprint density at radius 2 is 2.11 bits per heavy atom. The molecule has 1 aliphatic rings. The van der Waals surface area contributed by atoms with Gasteiger partial charge in [-0.2, -0.15) is 0 Å². The van der Waals surface area contributed by atoms with Gasteiger partial charge in [-0.1, -0.05) is 30.3 Å². The Bertz CT molecular complexity index is 393. The molecule has 1 aromatic rings. The molecule has 0 aliphatic carbocycles. The quantitative estimate of drug-likeness (QED) is 0.760. The maximum atomic E-state index is 11.5. The molecule has 2 atom stereocenters. The lowest BCUT2D eigenvalue weighted by Gasteiger charge is -2.35. The van der Waals surface area contributed by atoms with Crippen molar-refractivity contribution in [3.05, 3.63) is 35.9 Å². The number of esters is 1. The summed E-state index contributed by atoms with van der Waals surface area (Å²) in [6.07, 6.45) is -0.422. The minimum atomic E-state index is -0.470. The molecule has 1 fully saturated rings. The first kappa shape index (κ1) is 13.1. The number of hydrogen-bond donors (Lipinski definition) is 0. The lowest BCUT2D eigenvalue weighted by Crippen LogP contribution is -2.49. The van der Waals surface area contributed by atoms with Crippen molar-refractivity contribution in [1.82, 2.24) is 4.90 Å². The van der Waals surface area contributed by atoms with E-state index >= 15 is 0 Å². The van der Waals surface area contributed by atoms with Gasteiger partial charge in [0, 0.05) is 19.6 Å². The lowest BCUT2D eigenvalue weighted by molar-refractivity contribution is -0.166. The van der Waals surface area contributed by atoms with Crippen LogP contribution in [0, 0.1) is 0 Å². The molecule has 4 heteroatoms. The van der Waals surface area contributed by atoms with Crippen molar-refractivity contribution in [3.8, 4) is 0 Å². The minimum absolute atomic E-state index is 0.0477. The maximum absolute atomic E-state index is 11.5. The Hall–Kier alpha value is -1.39. The summed E-state index contributed by atoms with van der Waals surface area (Å²) in [6.45, 7) is 4.24. The third kappa shape index (κ3) is 3.31. The van der Waals surface area contributed by atoms with E-state index in [9.17, 15) is 4.79 Å². The van der Waals surface area contributed by atoms with Gasteiger partial charge in [0.15, 0.2) is 6.10 Å². The van der Waals surface area contributed by atoms with E-state index in [1.54, 1.807) is 0 Å². The summed E-state index contributed by atoms with van der Waals surface area (Å²) in [4.78, 5) is 13.8. The van der Waals surface area contributed by atoms with Crippen molar-refractivity contribution >= 4 is 5.97 Å². The van der Waals surface area contributed by atoms with Crippen LogP contribution in [-0.2, 0) is 20.8 Å². The molecule has 1 aliphatic heterocycles. The summed E-state index contributed by atoms with van der Waals surface area (Å²) in [5.41, 5.74) is 1.25. The van der Waals surface area contributed by atoms with Gasteiger partial charge < -0.3 is 9.47 Å². The molecule has 98 valence electrons. The highest BCUT2D eigenvalue weighted by molar-refractivity contribution is 5.74. The number of carbonyl (C=O) groups is 1. The van der Waals surface area contributed by atoms with Crippen LogP contribution < -0.4 is 0 Å².